The summed E-state index contributed by atoms with van der Waals surface area (Å²) in [5, 5.41) is 18.5. The number of carboxylic acid groups (broad SMARTS) is 1. The largest absolute Gasteiger partial charge is 0.508 e. The van der Waals surface area contributed by atoms with Gasteiger partial charge in [0.1, 0.15) is 11.6 Å². The van der Waals surface area contributed by atoms with Gasteiger partial charge in [-0.1, -0.05) is 11.6 Å². The molecule has 0 fully saturated rings. The van der Waals surface area contributed by atoms with Crippen LogP contribution in [0, 0.1) is 5.82 Å². The Bertz CT molecular complexity index is 605. The van der Waals surface area contributed by atoms with E-state index in [0.717, 1.165) is 6.07 Å². The number of aromatic carboxylic acids is 1. The van der Waals surface area contributed by atoms with Crippen LogP contribution in [0.3, 0.4) is 0 Å². The second-order valence-corrected chi connectivity index (χ2v) is 4.17. The van der Waals surface area contributed by atoms with Crippen molar-refractivity contribution in [3.63, 3.8) is 0 Å². The molecule has 0 heterocycles. The Kier molecular flexibility index (Phi) is 3.21. The van der Waals surface area contributed by atoms with E-state index in [1.54, 1.807) is 0 Å². The monoisotopic (exact) mass is 266 g/mol. The standard InChI is InChI=1S/C13H8ClFO3/c14-10-2-7(1-9(3-10)13(17)18)8-4-11(15)6-12(16)5-8/h1-6,16H,(H,17,18). The zero-order valence-corrected chi connectivity index (χ0v) is 9.78. The van der Waals surface area contributed by atoms with Crippen LogP contribution in [0.5, 0.6) is 5.75 Å². The molecule has 0 atom stereocenters. The average Bonchev–Trinajstić information content (AvgIpc) is 2.26. The van der Waals surface area contributed by atoms with Crippen LogP contribution in [0.15, 0.2) is 36.4 Å². The van der Waals surface area contributed by atoms with Crippen LogP contribution in [0.4, 0.5) is 4.39 Å². The topological polar surface area (TPSA) is 57.5 Å². The Balaban J connectivity index is 2.59. The number of phenols is 1. The molecule has 0 spiro atoms. The highest BCUT2D eigenvalue weighted by Crippen LogP contribution is 2.28. The molecular weight excluding hydrogens is 259 g/mol. The first-order chi connectivity index (χ1) is 8.45. The molecule has 0 aliphatic rings. The number of hydrogen-bond donors (Lipinski definition) is 2. The van der Waals surface area contributed by atoms with E-state index in [9.17, 15) is 14.3 Å². The minimum Gasteiger partial charge on any atom is -0.508 e. The van der Waals surface area contributed by atoms with Crippen molar-refractivity contribution in [2.24, 2.45) is 0 Å². The summed E-state index contributed by atoms with van der Waals surface area (Å²) in [5.74, 6) is -1.97. The lowest BCUT2D eigenvalue weighted by Gasteiger charge is -2.05. The molecule has 3 nitrogen and oxygen atoms in total. The molecule has 0 aliphatic heterocycles. The number of hydrogen-bond acceptors (Lipinski definition) is 2. The van der Waals surface area contributed by atoms with Gasteiger partial charge in [-0.25, -0.2) is 9.18 Å². The molecule has 0 aromatic heterocycles. The molecule has 0 unspecified atom stereocenters. The van der Waals surface area contributed by atoms with Crippen LogP contribution in [0.2, 0.25) is 5.02 Å². The Hall–Kier alpha value is -2.07. The lowest BCUT2D eigenvalue weighted by molar-refractivity contribution is 0.0697. The first kappa shape index (κ1) is 12.4. The van der Waals surface area contributed by atoms with E-state index in [4.69, 9.17) is 16.7 Å². The first-order valence-corrected chi connectivity index (χ1v) is 5.37. The number of halogens is 2. The van der Waals surface area contributed by atoms with E-state index >= 15 is 0 Å². The molecule has 2 rings (SSSR count). The maximum Gasteiger partial charge on any atom is 0.335 e. The van der Waals surface area contributed by atoms with Gasteiger partial charge < -0.3 is 10.2 Å². The van der Waals surface area contributed by atoms with Crippen LogP contribution in [0.25, 0.3) is 11.1 Å². The van der Waals surface area contributed by atoms with Gasteiger partial charge in [-0.05, 0) is 41.5 Å². The normalized spacial score (nSPS) is 10.3. The summed E-state index contributed by atoms with van der Waals surface area (Å²) in [4.78, 5) is 10.9. The fourth-order valence-corrected chi connectivity index (χ4v) is 1.86. The Morgan fingerprint density at radius 2 is 1.72 bits per heavy atom. The molecule has 0 saturated heterocycles. The van der Waals surface area contributed by atoms with Crippen molar-refractivity contribution in [2.45, 2.75) is 0 Å². The molecule has 92 valence electrons. The smallest absolute Gasteiger partial charge is 0.335 e. The van der Waals surface area contributed by atoms with Crippen molar-refractivity contribution >= 4 is 17.6 Å². The number of rotatable bonds is 2. The highest BCUT2D eigenvalue weighted by Gasteiger charge is 2.09. The minimum absolute atomic E-state index is 0.00116. The highest BCUT2D eigenvalue weighted by atomic mass is 35.5. The van der Waals surface area contributed by atoms with E-state index < -0.39 is 11.8 Å². The fraction of sp³-hybridized carbons (Fsp3) is 0. The molecule has 5 heteroatoms. The predicted molar refractivity (Wildman–Crippen MR) is 65.5 cm³/mol. The minimum atomic E-state index is -1.13. The van der Waals surface area contributed by atoms with Gasteiger partial charge in [0.2, 0.25) is 0 Å². The summed E-state index contributed by atoms with van der Waals surface area (Å²) < 4.78 is 13.2. The van der Waals surface area contributed by atoms with E-state index in [1.165, 1.54) is 30.3 Å². The van der Waals surface area contributed by atoms with Crippen LogP contribution < -0.4 is 0 Å². The number of carboxylic acids is 1. The summed E-state index contributed by atoms with van der Waals surface area (Å²) in [6.45, 7) is 0. The average molecular weight is 267 g/mol. The third kappa shape index (κ3) is 2.60. The Labute approximate surface area is 107 Å². The molecule has 18 heavy (non-hydrogen) atoms. The van der Waals surface area contributed by atoms with Gasteiger partial charge in [0.25, 0.3) is 0 Å². The third-order valence-electron chi connectivity index (χ3n) is 2.36. The van der Waals surface area contributed by atoms with Crippen LogP contribution >= 0.6 is 11.6 Å². The fourth-order valence-electron chi connectivity index (χ4n) is 1.62. The van der Waals surface area contributed by atoms with E-state index in [0.29, 0.717) is 11.1 Å². The molecule has 0 bridgehead atoms. The first-order valence-electron chi connectivity index (χ1n) is 4.99. The second-order valence-electron chi connectivity index (χ2n) is 3.73. The maximum atomic E-state index is 13.2. The van der Waals surface area contributed by atoms with E-state index in [-0.39, 0.29) is 16.3 Å². The quantitative estimate of drug-likeness (QED) is 0.874. The van der Waals surface area contributed by atoms with Gasteiger partial charge >= 0.3 is 5.97 Å². The summed E-state index contributed by atoms with van der Waals surface area (Å²) in [7, 11) is 0. The summed E-state index contributed by atoms with van der Waals surface area (Å²) in [6, 6.07) is 7.65. The molecule has 0 saturated carbocycles. The van der Waals surface area contributed by atoms with Crippen molar-refractivity contribution in [3.05, 3.63) is 52.8 Å². The third-order valence-corrected chi connectivity index (χ3v) is 2.58. The van der Waals surface area contributed by atoms with Gasteiger partial charge in [-0.2, -0.15) is 0 Å². The molecule has 0 aliphatic carbocycles. The number of benzene rings is 2. The summed E-state index contributed by atoms with van der Waals surface area (Å²) in [6.07, 6.45) is 0. The second kappa shape index (κ2) is 4.66. The molecule has 2 aromatic carbocycles. The lowest BCUT2D eigenvalue weighted by Crippen LogP contribution is -1.96. The van der Waals surface area contributed by atoms with Gasteiger partial charge in [-0.3, -0.25) is 0 Å². The Morgan fingerprint density at radius 1 is 1.06 bits per heavy atom. The van der Waals surface area contributed by atoms with Crippen LogP contribution in [-0.4, -0.2) is 16.2 Å². The SMILES string of the molecule is O=C(O)c1cc(Cl)cc(-c2cc(O)cc(F)c2)c1. The van der Waals surface area contributed by atoms with Crippen molar-refractivity contribution < 1.29 is 19.4 Å². The number of aromatic hydroxyl groups is 1. The molecular formula is C13H8ClFO3. The number of carbonyl (C=O) groups is 1. The van der Waals surface area contributed by atoms with Gasteiger partial charge in [0, 0.05) is 11.1 Å². The van der Waals surface area contributed by atoms with Crippen LogP contribution in [0.1, 0.15) is 10.4 Å². The van der Waals surface area contributed by atoms with Gasteiger partial charge in [-0.15, -0.1) is 0 Å². The van der Waals surface area contributed by atoms with Crippen molar-refractivity contribution in [3.8, 4) is 16.9 Å². The molecule has 2 aromatic rings. The predicted octanol–water partition coefficient (Wildman–Crippen LogP) is 3.55. The molecule has 2 N–H and O–H groups in total. The summed E-state index contributed by atoms with van der Waals surface area (Å²) in [5.41, 5.74) is 0.786. The van der Waals surface area contributed by atoms with E-state index in [1.807, 2.05) is 0 Å². The lowest BCUT2D eigenvalue weighted by atomic mass is 10.0. The van der Waals surface area contributed by atoms with Crippen molar-refractivity contribution in [1.82, 2.24) is 0 Å². The Morgan fingerprint density at radius 3 is 2.33 bits per heavy atom. The molecule has 0 amide bonds. The zero-order valence-electron chi connectivity index (χ0n) is 9.02. The molecule has 0 radical (unpaired) electrons. The number of phenolic OH excluding ortho intramolecular Hbond substituents is 1. The summed E-state index contributed by atoms with van der Waals surface area (Å²) >= 11 is 5.80. The van der Waals surface area contributed by atoms with Gasteiger partial charge in [0.15, 0.2) is 0 Å². The highest BCUT2D eigenvalue weighted by molar-refractivity contribution is 6.31. The van der Waals surface area contributed by atoms with Crippen LogP contribution in [-0.2, 0) is 0 Å². The maximum absolute atomic E-state index is 13.2. The van der Waals surface area contributed by atoms with Gasteiger partial charge in [0.05, 0.1) is 5.56 Å². The van der Waals surface area contributed by atoms with E-state index in [2.05, 4.69) is 0 Å². The zero-order chi connectivity index (χ0) is 13.3. The van der Waals surface area contributed by atoms with Crippen molar-refractivity contribution in [1.29, 1.82) is 0 Å². The van der Waals surface area contributed by atoms with Crippen molar-refractivity contribution in [2.75, 3.05) is 0 Å².